The van der Waals surface area contributed by atoms with E-state index in [0.717, 1.165) is 5.56 Å². The highest BCUT2D eigenvalue weighted by Crippen LogP contribution is 2.18. The quantitative estimate of drug-likeness (QED) is 0.854. The molecule has 0 aliphatic rings. The monoisotopic (exact) mass is 296 g/mol. The van der Waals surface area contributed by atoms with Crippen molar-refractivity contribution in [1.82, 2.24) is 5.32 Å². The maximum Gasteiger partial charge on any atom is 0.253 e. The van der Waals surface area contributed by atoms with Crippen LogP contribution in [0.2, 0.25) is 5.02 Å². The molecule has 2 aromatic carbocycles. The third kappa shape index (κ3) is 4.16. The Labute approximate surface area is 123 Å². The van der Waals surface area contributed by atoms with Gasteiger partial charge in [0, 0.05) is 12.2 Å². The molecule has 0 saturated carbocycles. The number of rotatable bonds is 3. The lowest BCUT2D eigenvalue weighted by Crippen LogP contribution is -2.23. The minimum atomic E-state index is -0.226. The number of halogens is 2. The summed E-state index contributed by atoms with van der Waals surface area (Å²) in [5, 5.41) is 3.20. The molecule has 0 heterocycles. The van der Waals surface area contributed by atoms with E-state index in [4.69, 9.17) is 17.3 Å². The summed E-state index contributed by atoms with van der Waals surface area (Å²) in [4.78, 5) is 11.9. The van der Waals surface area contributed by atoms with Crippen molar-refractivity contribution < 1.29 is 4.79 Å². The van der Waals surface area contributed by atoms with Crippen LogP contribution in [0.5, 0.6) is 0 Å². The van der Waals surface area contributed by atoms with Crippen molar-refractivity contribution in [3.05, 3.63) is 64.7 Å². The molecule has 2 aromatic rings. The first-order valence-electron chi connectivity index (χ1n) is 5.54. The zero-order valence-corrected chi connectivity index (χ0v) is 11.7. The predicted molar refractivity (Wildman–Crippen MR) is 80.7 cm³/mol. The van der Waals surface area contributed by atoms with Gasteiger partial charge in [-0.15, -0.1) is 12.4 Å². The number of benzene rings is 2. The van der Waals surface area contributed by atoms with Crippen LogP contribution < -0.4 is 11.1 Å². The second kappa shape index (κ2) is 7.02. The van der Waals surface area contributed by atoms with Crippen LogP contribution in [0.3, 0.4) is 0 Å². The lowest BCUT2D eigenvalue weighted by atomic mass is 10.1. The molecule has 19 heavy (non-hydrogen) atoms. The van der Waals surface area contributed by atoms with Gasteiger partial charge in [-0.1, -0.05) is 41.9 Å². The third-order valence-corrected chi connectivity index (χ3v) is 2.86. The Morgan fingerprint density at radius 1 is 1.16 bits per heavy atom. The minimum Gasteiger partial charge on any atom is -0.399 e. The van der Waals surface area contributed by atoms with Crippen LogP contribution in [-0.2, 0) is 6.54 Å². The van der Waals surface area contributed by atoms with Gasteiger partial charge in [0.2, 0.25) is 0 Å². The summed E-state index contributed by atoms with van der Waals surface area (Å²) < 4.78 is 0. The fourth-order valence-electron chi connectivity index (χ4n) is 1.59. The molecule has 0 unspecified atom stereocenters. The summed E-state index contributed by atoms with van der Waals surface area (Å²) in [5.74, 6) is -0.226. The van der Waals surface area contributed by atoms with Gasteiger partial charge in [0.05, 0.1) is 10.6 Å². The lowest BCUT2D eigenvalue weighted by molar-refractivity contribution is 0.0951. The molecule has 3 nitrogen and oxygen atoms in total. The van der Waals surface area contributed by atoms with E-state index in [0.29, 0.717) is 22.8 Å². The Bertz CT molecular complexity index is 559. The number of carbonyl (C=O) groups is 1. The Hall–Kier alpha value is -1.71. The molecule has 0 aliphatic carbocycles. The Morgan fingerprint density at radius 3 is 2.53 bits per heavy atom. The summed E-state index contributed by atoms with van der Waals surface area (Å²) in [6, 6.07) is 14.5. The van der Waals surface area contributed by atoms with Crippen LogP contribution in [0.25, 0.3) is 0 Å². The summed E-state index contributed by atoms with van der Waals surface area (Å²) >= 11 is 5.96. The Balaban J connectivity index is 0.00000180. The van der Waals surface area contributed by atoms with Crippen LogP contribution in [-0.4, -0.2) is 5.91 Å². The van der Waals surface area contributed by atoms with Crippen LogP contribution in [0, 0.1) is 0 Å². The molecule has 5 heteroatoms. The first-order chi connectivity index (χ1) is 8.66. The first-order valence-corrected chi connectivity index (χ1v) is 5.92. The maximum atomic E-state index is 11.9. The van der Waals surface area contributed by atoms with Crippen LogP contribution in [0.4, 0.5) is 5.69 Å². The lowest BCUT2D eigenvalue weighted by Gasteiger charge is -2.07. The molecule has 0 spiro atoms. The molecule has 2 rings (SSSR count). The topological polar surface area (TPSA) is 55.1 Å². The number of nitrogen functional groups attached to an aromatic ring is 1. The fourth-order valence-corrected chi connectivity index (χ4v) is 1.79. The van der Waals surface area contributed by atoms with E-state index in [2.05, 4.69) is 5.32 Å². The average molecular weight is 297 g/mol. The molecule has 0 radical (unpaired) electrons. The predicted octanol–water partition coefficient (Wildman–Crippen LogP) is 3.27. The van der Waals surface area contributed by atoms with Gasteiger partial charge in [-0.25, -0.2) is 0 Å². The summed E-state index contributed by atoms with van der Waals surface area (Å²) in [6.45, 7) is 0.463. The maximum absolute atomic E-state index is 11.9. The van der Waals surface area contributed by atoms with E-state index < -0.39 is 0 Å². The molecule has 0 bridgehead atoms. The van der Waals surface area contributed by atoms with Crippen LogP contribution >= 0.6 is 24.0 Å². The van der Waals surface area contributed by atoms with Gasteiger partial charge in [-0.2, -0.15) is 0 Å². The molecule has 0 fully saturated rings. The van der Waals surface area contributed by atoms with E-state index in [1.54, 1.807) is 18.2 Å². The SMILES string of the molecule is Cl.Nc1ccc(Cl)c(C(=O)NCc2ccccc2)c1. The van der Waals surface area contributed by atoms with Gasteiger partial charge < -0.3 is 11.1 Å². The zero-order valence-electron chi connectivity index (χ0n) is 10.1. The van der Waals surface area contributed by atoms with Gasteiger partial charge in [0.15, 0.2) is 0 Å². The molecule has 0 aliphatic heterocycles. The van der Waals surface area contributed by atoms with Crippen molar-refractivity contribution in [2.75, 3.05) is 5.73 Å². The highest BCUT2D eigenvalue weighted by Gasteiger charge is 2.10. The van der Waals surface area contributed by atoms with Gasteiger partial charge in [-0.05, 0) is 23.8 Å². The smallest absolute Gasteiger partial charge is 0.253 e. The zero-order chi connectivity index (χ0) is 13.0. The second-order valence-electron chi connectivity index (χ2n) is 3.91. The number of anilines is 1. The number of carbonyl (C=O) groups excluding carboxylic acids is 1. The molecule has 100 valence electrons. The van der Waals surface area contributed by atoms with Crippen molar-refractivity contribution in [1.29, 1.82) is 0 Å². The molecular weight excluding hydrogens is 283 g/mol. The highest BCUT2D eigenvalue weighted by molar-refractivity contribution is 6.34. The molecule has 3 N–H and O–H groups in total. The van der Waals surface area contributed by atoms with E-state index in [9.17, 15) is 4.79 Å². The molecular formula is C14H14Cl2N2O. The summed E-state index contributed by atoms with van der Waals surface area (Å²) in [7, 11) is 0. The first kappa shape index (κ1) is 15.3. The fraction of sp³-hybridized carbons (Fsp3) is 0.0714. The Morgan fingerprint density at radius 2 is 1.84 bits per heavy atom. The largest absolute Gasteiger partial charge is 0.399 e. The third-order valence-electron chi connectivity index (χ3n) is 2.53. The van der Waals surface area contributed by atoms with E-state index >= 15 is 0 Å². The molecule has 0 aromatic heterocycles. The number of amides is 1. The minimum absolute atomic E-state index is 0. The van der Waals surface area contributed by atoms with Crippen LogP contribution in [0.1, 0.15) is 15.9 Å². The normalized spacial score (nSPS) is 9.53. The number of nitrogens with two attached hydrogens (primary N) is 1. The Kier molecular flexibility index (Phi) is 5.67. The van der Waals surface area contributed by atoms with Crippen molar-refractivity contribution in [3.63, 3.8) is 0 Å². The average Bonchev–Trinajstić information content (AvgIpc) is 2.40. The highest BCUT2D eigenvalue weighted by atomic mass is 35.5. The van der Waals surface area contributed by atoms with Gasteiger partial charge in [0.1, 0.15) is 0 Å². The van der Waals surface area contributed by atoms with Crippen LogP contribution in [0.15, 0.2) is 48.5 Å². The number of hydrogen-bond donors (Lipinski definition) is 2. The van der Waals surface area contributed by atoms with E-state index in [1.807, 2.05) is 30.3 Å². The van der Waals surface area contributed by atoms with Gasteiger partial charge in [-0.3, -0.25) is 4.79 Å². The van der Waals surface area contributed by atoms with Crippen molar-refractivity contribution in [2.24, 2.45) is 0 Å². The molecule has 1 amide bonds. The van der Waals surface area contributed by atoms with Crippen molar-refractivity contribution >= 4 is 35.6 Å². The number of nitrogens with one attached hydrogen (secondary N) is 1. The molecule has 0 atom stereocenters. The summed E-state index contributed by atoms with van der Waals surface area (Å²) in [5.41, 5.74) is 7.58. The number of hydrogen-bond acceptors (Lipinski definition) is 2. The van der Waals surface area contributed by atoms with Crippen molar-refractivity contribution in [3.8, 4) is 0 Å². The van der Waals surface area contributed by atoms with Gasteiger partial charge >= 0.3 is 0 Å². The second-order valence-corrected chi connectivity index (χ2v) is 4.31. The van der Waals surface area contributed by atoms with Crippen molar-refractivity contribution in [2.45, 2.75) is 6.54 Å². The van der Waals surface area contributed by atoms with Gasteiger partial charge in [0.25, 0.3) is 5.91 Å². The van der Waals surface area contributed by atoms with E-state index in [1.165, 1.54) is 0 Å². The van der Waals surface area contributed by atoms with E-state index in [-0.39, 0.29) is 18.3 Å². The standard InChI is InChI=1S/C14H13ClN2O.ClH/c15-13-7-6-11(16)8-12(13)14(18)17-9-10-4-2-1-3-5-10;/h1-8H,9,16H2,(H,17,18);1H. The summed E-state index contributed by atoms with van der Waals surface area (Å²) in [6.07, 6.45) is 0. The molecule has 0 saturated heterocycles.